The minimum absolute atomic E-state index is 0.299. The molecule has 0 aliphatic heterocycles. The fourth-order valence-corrected chi connectivity index (χ4v) is 2.28. The van der Waals surface area contributed by atoms with Gasteiger partial charge in [-0.3, -0.25) is 4.79 Å². The van der Waals surface area contributed by atoms with Gasteiger partial charge in [0.1, 0.15) is 11.5 Å². The van der Waals surface area contributed by atoms with Crippen molar-refractivity contribution in [2.24, 2.45) is 5.73 Å². The number of pyridine rings is 1. The fraction of sp³-hybridized carbons (Fsp3) is 0.200. The van der Waals surface area contributed by atoms with Gasteiger partial charge in [-0.15, -0.1) is 0 Å². The Balaban J connectivity index is 1.63. The highest BCUT2D eigenvalue weighted by molar-refractivity contribution is 5.97. The number of amides is 1. The summed E-state index contributed by atoms with van der Waals surface area (Å²) in [4.78, 5) is 24.2. The monoisotopic (exact) mass is 309 g/mol. The number of hydrogen-bond acceptors (Lipinski definition) is 6. The molecule has 3 aromatic heterocycles. The molecule has 0 atom stereocenters. The second-order valence-corrected chi connectivity index (χ2v) is 5.47. The van der Waals surface area contributed by atoms with Crippen LogP contribution in [0.5, 0.6) is 0 Å². The Morgan fingerprint density at radius 3 is 2.96 bits per heavy atom. The Morgan fingerprint density at radius 2 is 2.17 bits per heavy atom. The summed E-state index contributed by atoms with van der Waals surface area (Å²) in [6, 6.07) is 4.14. The molecule has 0 radical (unpaired) electrons. The second-order valence-electron chi connectivity index (χ2n) is 5.47. The number of nitrogens with two attached hydrogens (primary N) is 1. The summed E-state index contributed by atoms with van der Waals surface area (Å²) in [6.07, 6.45) is 9.07. The van der Waals surface area contributed by atoms with E-state index in [-0.39, 0.29) is 0 Å². The molecule has 8 heteroatoms. The van der Waals surface area contributed by atoms with Crippen molar-refractivity contribution in [3.8, 4) is 0 Å². The van der Waals surface area contributed by atoms with Gasteiger partial charge in [-0.05, 0) is 25.0 Å². The Hall–Kier alpha value is -3.16. The van der Waals surface area contributed by atoms with Gasteiger partial charge in [-0.2, -0.15) is 4.98 Å². The highest BCUT2D eigenvalue weighted by atomic mass is 16.1. The third kappa shape index (κ3) is 2.78. The number of nitrogens with one attached hydrogen (secondary N) is 2. The maximum Gasteiger partial charge on any atom is 0.254 e. The van der Waals surface area contributed by atoms with Gasteiger partial charge in [0.05, 0.1) is 11.3 Å². The van der Waals surface area contributed by atoms with Gasteiger partial charge >= 0.3 is 0 Å². The molecule has 0 spiro atoms. The van der Waals surface area contributed by atoms with Crippen LogP contribution in [0, 0.1) is 0 Å². The normalized spacial score (nSPS) is 13.9. The lowest BCUT2D eigenvalue weighted by Crippen LogP contribution is -2.17. The molecule has 4 N–H and O–H groups in total. The van der Waals surface area contributed by atoms with Crippen LogP contribution in [-0.4, -0.2) is 31.3 Å². The number of aromatic nitrogens is 4. The molecule has 116 valence electrons. The van der Waals surface area contributed by atoms with E-state index in [2.05, 4.69) is 25.6 Å². The SMILES string of the molecule is NC(=O)c1cnc(Nc2ccc3nccn3c2)nc1NC1CC1. The lowest BCUT2D eigenvalue weighted by atomic mass is 10.3. The van der Waals surface area contributed by atoms with Crippen LogP contribution in [0.2, 0.25) is 0 Å². The minimum Gasteiger partial charge on any atom is -0.367 e. The standard InChI is InChI=1S/C15H15N7O/c16-13(23)11-7-18-15(21-14(11)19-9-1-2-9)20-10-3-4-12-17-5-6-22(12)8-10/h3-9H,1-2H2,(H2,16,23)(H2,18,19,20,21). The first-order valence-corrected chi connectivity index (χ1v) is 7.32. The molecule has 23 heavy (non-hydrogen) atoms. The predicted molar refractivity (Wildman–Crippen MR) is 85.7 cm³/mol. The highest BCUT2D eigenvalue weighted by Crippen LogP contribution is 2.26. The first-order chi connectivity index (χ1) is 11.2. The van der Waals surface area contributed by atoms with Gasteiger partial charge in [-0.25, -0.2) is 9.97 Å². The molecular formula is C15H15N7O. The molecule has 0 aromatic carbocycles. The van der Waals surface area contributed by atoms with Crippen molar-refractivity contribution in [2.45, 2.75) is 18.9 Å². The van der Waals surface area contributed by atoms with E-state index in [4.69, 9.17) is 5.73 Å². The molecular weight excluding hydrogens is 294 g/mol. The van der Waals surface area contributed by atoms with Gasteiger partial charge in [-0.1, -0.05) is 0 Å². The zero-order valence-corrected chi connectivity index (χ0v) is 12.2. The Labute approximate surface area is 131 Å². The van der Waals surface area contributed by atoms with E-state index >= 15 is 0 Å². The van der Waals surface area contributed by atoms with Gasteiger partial charge < -0.3 is 20.8 Å². The zero-order valence-electron chi connectivity index (χ0n) is 12.2. The van der Waals surface area contributed by atoms with E-state index in [1.54, 1.807) is 6.20 Å². The van der Waals surface area contributed by atoms with Crippen LogP contribution in [0.3, 0.4) is 0 Å². The fourth-order valence-electron chi connectivity index (χ4n) is 2.28. The Kier molecular flexibility index (Phi) is 3.07. The molecule has 1 fully saturated rings. The molecule has 0 bridgehead atoms. The third-order valence-electron chi connectivity index (χ3n) is 3.62. The summed E-state index contributed by atoms with van der Waals surface area (Å²) < 4.78 is 1.89. The van der Waals surface area contributed by atoms with E-state index < -0.39 is 5.91 Å². The summed E-state index contributed by atoms with van der Waals surface area (Å²) in [6.45, 7) is 0. The molecule has 3 aromatic rings. The Bertz CT molecular complexity index is 884. The molecule has 8 nitrogen and oxygen atoms in total. The smallest absolute Gasteiger partial charge is 0.254 e. The maximum atomic E-state index is 11.5. The lowest BCUT2D eigenvalue weighted by molar-refractivity contribution is 0.100. The molecule has 3 heterocycles. The largest absolute Gasteiger partial charge is 0.367 e. The summed E-state index contributed by atoms with van der Waals surface area (Å²) in [7, 11) is 0. The van der Waals surface area contributed by atoms with Crippen molar-refractivity contribution in [2.75, 3.05) is 10.6 Å². The number of fused-ring (bicyclic) bond motifs is 1. The first-order valence-electron chi connectivity index (χ1n) is 7.32. The number of anilines is 3. The minimum atomic E-state index is -0.542. The number of nitrogens with zero attached hydrogens (tertiary/aromatic N) is 4. The van der Waals surface area contributed by atoms with Crippen molar-refractivity contribution in [1.29, 1.82) is 0 Å². The van der Waals surface area contributed by atoms with E-state index in [9.17, 15) is 4.79 Å². The van der Waals surface area contributed by atoms with Crippen LogP contribution in [0.25, 0.3) is 5.65 Å². The van der Waals surface area contributed by atoms with Crippen molar-refractivity contribution in [3.63, 3.8) is 0 Å². The molecule has 4 rings (SSSR count). The average Bonchev–Trinajstić information content (AvgIpc) is 3.22. The highest BCUT2D eigenvalue weighted by Gasteiger charge is 2.24. The van der Waals surface area contributed by atoms with Gasteiger partial charge in [0.25, 0.3) is 5.91 Å². The molecule has 0 saturated heterocycles. The van der Waals surface area contributed by atoms with Crippen molar-refractivity contribution in [1.82, 2.24) is 19.4 Å². The quantitative estimate of drug-likeness (QED) is 0.659. The van der Waals surface area contributed by atoms with E-state index in [1.165, 1.54) is 6.20 Å². The topological polar surface area (TPSA) is 110 Å². The number of hydrogen-bond donors (Lipinski definition) is 3. The van der Waals surface area contributed by atoms with Crippen LogP contribution in [0.15, 0.2) is 36.9 Å². The average molecular weight is 309 g/mol. The summed E-state index contributed by atoms with van der Waals surface area (Å²) >= 11 is 0. The van der Waals surface area contributed by atoms with Crippen LogP contribution >= 0.6 is 0 Å². The number of imidazole rings is 1. The van der Waals surface area contributed by atoms with Gasteiger partial charge in [0.15, 0.2) is 0 Å². The summed E-state index contributed by atoms with van der Waals surface area (Å²) in [5, 5.41) is 6.33. The zero-order chi connectivity index (χ0) is 15.8. The maximum absolute atomic E-state index is 11.5. The second kappa shape index (κ2) is 5.24. The van der Waals surface area contributed by atoms with Gasteiger partial charge in [0, 0.05) is 30.8 Å². The molecule has 1 aliphatic carbocycles. The first kappa shape index (κ1) is 13.5. The number of primary amides is 1. The van der Waals surface area contributed by atoms with Crippen molar-refractivity contribution < 1.29 is 4.79 Å². The third-order valence-corrected chi connectivity index (χ3v) is 3.62. The van der Waals surface area contributed by atoms with E-state index in [0.29, 0.717) is 23.4 Å². The number of carbonyl (C=O) groups excluding carboxylic acids is 1. The van der Waals surface area contributed by atoms with Crippen molar-refractivity contribution in [3.05, 3.63) is 42.5 Å². The molecule has 0 unspecified atom stereocenters. The lowest BCUT2D eigenvalue weighted by Gasteiger charge is -2.11. The van der Waals surface area contributed by atoms with Crippen LogP contribution in [-0.2, 0) is 0 Å². The molecule has 1 saturated carbocycles. The summed E-state index contributed by atoms with van der Waals surface area (Å²) in [5.74, 6) is 0.332. The number of carbonyl (C=O) groups is 1. The molecule has 1 aliphatic rings. The van der Waals surface area contributed by atoms with Crippen LogP contribution < -0.4 is 16.4 Å². The van der Waals surface area contributed by atoms with Crippen LogP contribution in [0.1, 0.15) is 23.2 Å². The predicted octanol–water partition coefficient (Wildman–Crippen LogP) is 1.54. The van der Waals surface area contributed by atoms with E-state index in [1.807, 2.05) is 28.9 Å². The molecule has 1 amide bonds. The van der Waals surface area contributed by atoms with E-state index in [0.717, 1.165) is 24.2 Å². The van der Waals surface area contributed by atoms with Gasteiger partial charge in [0.2, 0.25) is 5.95 Å². The summed E-state index contributed by atoms with van der Waals surface area (Å²) in [5.41, 5.74) is 7.35. The number of rotatable bonds is 5. The van der Waals surface area contributed by atoms with Crippen LogP contribution in [0.4, 0.5) is 17.5 Å². The Morgan fingerprint density at radius 1 is 1.30 bits per heavy atom. The van der Waals surface area contributed by atoms with Crippen molar-refractivity contribution >= 4 is 29.0 Å².